The normalized spacial score (nSPS) is 20.4. The van der Waals surface area contributed by atoms with Crippen LogP contribution in [-0.2, 0) is 15.9 Å². The van der Waals surface area contributed by atoms with Crippen molar-refractivity contribution in [3.05, 3.63) is 27.7 Å². The van der Waals surface area contributed by atoms with Crippen LogP contribution >= 0.6 is 34.8 Å². The molecule has 1 saturated heterocycles. The van der Waals surface area contributed by atoms with Gasteiger partial charge >= 0.3 is 0 Å². The topological polar surface area (TPSA) is 40.6 Å². The lowest BCUT2D eigenvalue weighted by atomic mass is 10.2. The number of halogens is 3. The number of hydrogen-bond acceptors (Lipinski definition) is 3. The third-order valence-corrected chi connectivity index (χ3v) is 6.83. The first-order valence-corrected chi connectivity index (χ1v) is 9.21. The number of rotatable bonds is 4. The van der Waals surface area contributed by atoms with Gasteiger partial charge in [-0.15, -0.1) is 11.6 Å². The number of benzene rings is 1. The van der Waals surface area contributed by atoms with E-state index in [0.29, 0.717) is 23.7 Å². The van der Waals surface area contributed by atoms with Crippen molar-refractivity contribution in [2.24, 2.45) is 0 Å². The molecule has 2 rings (SSSR count). The van der Waals surface area contributed by atoms with Crippen molar-refractivity contribution in [1.82, 2.24) is 9.21 Å². The first kappa shape index (κ1) is 17.3. The quantitative estimate of drug-likeness (QED) is 0.764. The summed E-state index contributed by atoms with van der Waals surface area (Å²) in [7, 11) is 0.264. The summed E-state index contributed by atoms with van der Waals surface area (Å²) in [6, 6.07) is 3.19. The van der Waals surface area contributed by atoms with Gasteiger partial charge in [-0.3, -0.25) is 0 Å². The van der Waals surface area contributed by atoms with Crippen LogP contribution in [-0.4, -0.2) is 50.8 Å². The molecule has 0 bridgehead atoms. The zero-order chi connectivity index (χ0) is 15.8. The van der Waals surface area contributed by atoms with Gasteiger partial charge in [0.25, 0.3) is 0 Å². The molecule has 0 aromatic heterocycles. The second kappa shape index (κ2) is 6.60. The predicted molar refractivity (Wildman–Crippen MR) is 86.9 cm³/mol. The molecule has 1 heterocycles. The van der Waals surface area contributed by atoms with Gasteiger partial charge in [-0.2, -0.15) is 4.31 Å². The molecule has 1 aliphatic heterocycles. The Kier molecular flexibility index (Phi) is 5.45. The van der Waals surface area contributed by atoms with Crippen molar-refractivity contribution >= 4 is 44.8 Å². The Morgan fingerprint density at radius 1 is 1.33 bits per heavy atom. The van der Waals surface area contributed by atoms with Crippen LogP contribution in [0.25, 0.3) is 0 Å². The van der Waals surface area contributed by atoms with Gasteiger partial charge in [0.05, 0.1) is 10.9 Å². The highest BCUT2D eigenvalue weighted by Gasteiger charge is 2.35. The smallest absolute Gasteiger partial charge is 0.244 e. The van der Waals surface area contributed by atoms with Gasteiger partial charge in [0.2, 0.25) is 10.0 Å². The van der Waals surface area contributed by atoms with Crippen molar-refractivity contribution in [2.45, 2.75) is 23.2 Å². The van der Waals surface area contributed by atoms with Crippen LogP contribution in [0.4, 0.5) is 0 Å². The van der Waals surface area contributed by atoms with Crippen LogP contribution in [0.5, 0.6) is 0 Å². The van der Waals surface area contributed by atoms with Crippen LogP contribution in [0.2, 0.25) is 10.0 Å². The average molecular weight is 372 g/mol. The maximum atomic E-state index is 12.7. The lowest BCUT2D eigenvalue weighted by Crippen LogP contribution is -2.34. The first-order valence-electron chi connectivity index (χ1n) is 6.48. The van der Waals surface area contributed by atoms with E-state index >= 15 is 0 Å². The molecule has 1 aliphatic rings. The zero-order valence-electron chi connectivity index (χ0n) is 11.8. The summed E-state index contributed by atoms with van der Waals surface area (Å²) in [4.78, 5) is 2.10. The van der Waals surface area contributed by atoms with Crippen molar-refractivity contribution in [2.75, 3.05) is 27.2 Å². The number of likely N-dealkylation sites (N-methyl/N-ethyl adjacent to an activating group) is 1. The summed E-state index contributed by atoms with van der Waals surface area (Å²) in [5, 5.41) is 0.493. The van der Waals surface area contributed by atoms with Gasteiger partial charge in [-0.1, -0.05) is 23.2 Å². The van der Waals surface area contributed by atoms with Crippen LogP contribution in [0.3, 0.4) is 0 Å². The Balaban J connectivity index is 2.38. The molecule has 4 nitrogen and oxygen atoms in total. The predicted octanol–water partition coefficient (Wildman–Crippen LogP) is 3.06. The van der Waals surface area contributed by atoms with Crippen LogP contribution in [0.15, 0.2) is 17.0 Å². The van der Waals surface area contributed by atoms with Gasteiger partial charge in [0.1, 0.15) is 4.90 Å². The SMILES string of the molecule is CN(C)C1CCN(S(=O)(=O)c2ccc(Cl)c(CCl)c2Cl)C1. The summed E-state index contributed by atoms with van der Waals surface area (Å²) >= 11 is 18.0. The van der Waals surface area contributed by atoms with E-state index in [1.807, 2.05) is 19.0 Å². The summed E-state index contributed by atoms with van der Waals surface area (Å²) in [6.45, 7) is 0.949. The number of sulfonamides is 1. The molecule has 0 amide bonds. The Morgan fingerprint density at radius 3 is 2.52 bits per heavy atom. The maximum absolute atomic E-state index is 12.7. The summed E-state index contributed by atoms with van der Waals surface area (Å²) in [5.74, 6) is 0.0708. The van der Waals surface area contributed by atoms with Gasteiger partial charge < -0.3 is 4.90 Å². The molecule has 1 aromatic carbocycles. The van der Waals surface area contributed by atoms with Gasteiger partial charge in [0, 0.05) is 29.7 Å². The molecule has 21 heavy (non-hydrogen) atoms. The Morgan fingerprint density at radius 2 is 2.00 bits per heavy atom. The molecule has 8 heteroatoms. The molecule has 0 spiro atoms. The standard InChI is InChI=1S/C13H17Cl3N2O2S/c1-17(2)9-5-6-18(8-9)21(19,20)12-4-3-11(15)10(7-14)13(12)16/h3-4,9H,5-8H2,1-2H3. The van der Waals surface area contributed by atoms with Gasteiger partial charge in [-0.25, -0.2) is 8.42 Å². The fourth-order valence-electron chi connectivity index (χ4n) is 2.39. The summed E-state index contributed by atoms with van der Waals surface area (Å²) in [5.41, 5.74) is 0.449. The minimum atomic E-state index is -3.63. The van der Waals surface area contributed by atoms with Gasteiger partial charge in [0.15, 0.2) is 0 Å². The Bertz CT molecular complexity index is 635. The highest BCUT2D eigenvalue weighted by Crippen LogP contribution is 2.34. The molecule has 0 saturated carbocycles. The molecular weight excluding hydrogens is 355 g/mol. The minimum Gasteiger partial charge on any atom is -0.305 e. The van der Waals surface area contributed by atoms with E-state index in [1.54, 1.807) is 0 Å². The Hall–Kier alpha value is -0.0400. The van der Waals surface area contributed by atoms with E-state index in [9.17, 15) is 8.42 Å². The lowest BCUT2D eigenvalue weighted by molar-refractivity contribution is 0.302. The molecule has 1 fully saturated rings. The molecule has 0 N–H and O–H groups in total. The molecular formula is C13H17Cl3N2O2S. The highest BCUT2D eigenvalue weighted by atomic mass is 35.5. The lowest BCUT2D eigenvalue weighted by Gasteiger charge is -2.21. The average Bonchev–Trinajstić information content (AvgIpc) is 2.89. The molecule has 0 aliphatic carbocycles. The fraction of sp³-hybridized carbons (Fsp3) is 0.538. The van der Waals surface area contributed by atoms with E-state index in [0.717, 1.165) is 6.42 Å². The van der Waals surface area contributed by atoms with Crippen LogP contribution in [0.1, 0.15) is 12.0 Å². The molecule has 118 valence electrons. The van der Waals surface area contributed by atoms with Crippen molar-refractivity contribution < 1.29 is 8.42 Å². The van der Waals surface area contributed by atoms with E-state index in [2.05, 4.69) is 0 Å². The van der Waals surface area contributed by atoms with Gasteiger partial charge in [-0.05, 0) is 32.6 Å². The second-order valence-corrected chi connectivity index (χ2v) is 8.20. The summed E-state index contributed by atoms with van der Waals surface area (Å²) < 4.78 is 26.9. The van der Waals surface area contributed by atoms with Crippen LogP contribution in [0, 0.1) is 0 Å². The van der Waals surface area contributed by atoms with Crippen molar-refractivity contribution in [3.8, 4) is 0 Å². The van der Waals surface area contributed by atoms with Crippen molar-refractivity contribution in [3.63, 3.8) is 0 Å². The Labute approximate surface area is 140 Å². The zero-order valence-corrected chi connectivity index (χ0v) is 14.9. The molecule has 1 atom stereocenters. The second-order valence-electron chi connectivity index (χ2n) is 5.24. The molecule has 1 unspecified atom stereocenters. The summed E-state index contributed by atoms with van der Waals surface area (Å²) in [6.07, 6.45) is 0.805. The first-order chi connectivity index (χ1) is 9.78. The fourth-order valence-corrected chi connectivity index (χ4v) is 5.18. The van der Waals surface area contributed by atoms with E-state index < -0.39 is 10.0 Å². The van der Waals surface area contributed by atoms with E-state index in [4.69, 9.17) is 34.8 Å². The number of nitrogens with zero attached hydrogens (tertiary/aromatic N) is 2. The molecule has 1 aromatic rings. The van der Waals surface area contributed by atoms with Crippen LogP contribution < -0.4 is 0 Å². The number of hydrogen-bond donors (Lipinski definition) is 0. The third kappa shape index (κ3) is 3.33. The maximum Gasteiger partial charge on any atom is 0.244 e. The molecule has 0 radical (unpaired) electrons. The van der Waals surface area contributed by atoms with Crippen molar-refractivity contribution in [1.29, 1.82) is 0 Å². The largest absolute Gasteiger partial charge is 0.305 e. The van der Waals surface area contributed by atoms with E-state index in [-0.39, 0.29) is 21.8 Å². The highest BCUT2D eigenvalue weighted by molar-refractivity contribution is 7.89. The van der Waals surface area contributed by atoms with E-state index in [1.165, 1.54) is 16.4 Å². The number of alkyl halides is 1. The minimum absolute atomic E-state index is 0.0708. The third-order valence-electron chi connectivity index (χ3n) is 3.76. The monoisotopic (exact) mass is 370 g/mol.